The summed E-state index contributed by atoms with van der Waals surface area (Å²) in [5, 5.41) is 5.21. The molecule has 2 aromatic rings. The molecule has 0 spiro atoms. The van der Waals surface area contributed by atoms with Gasteiger partial charge in [0.25, 0.3) is 5.91 Å². The minimum Gasteiger partial charge on any atom is -0.326 e. The predicted molar refractivity (Wildman–Crippen MR) is 82.8 cm³/mol. The predicted octanol–water partition coefficient (Wildman–Crippen LogP) is 3.80. The van der Waals surface area contributed by atoms with Crippen molar-refractivity contribution in [3.8, 4) is 0 Å². The number of rotatable bonds is 3. The van der Waals surface area contributed by atoms with Crippen molar-refractivity contribution in [1.29, 1.82) is 0 Å². The van der Waals surface area contributed by atoms with Crippen LogP contribution in [0.4, 0.5) is 15.8 Å². The van der Waals surface area contributed by atoms with Crippen molar-refractivity contribution in [3.05, 3.63) is 58.3 Å². The highest BCUT2D eigenvalue weighted by Crippen LogP contribution is 2.18. The maximum absolute atomic E-state index is 13.7. The number of carbonyl (C=O) groups excluding carboxylic acids is 2. The summed E-state index contributed by atoms with van der Waals surface area (Å²) in [6.07, 6.45) is 0. The molecular weight excluding hydrogens is 339 g/mol. The van der Waals surface area contributed by atoms with E-state index in [0.29, 0.717) is 15.8 Å². The summed E-state index contributed by atoms with van der Waals surface area (Å²) >= 11 is 3.13. The first-order chi connectivity index (χ1) is 9.95. The van der Waals surface area contributed by atoms with Crippen molar-refractivity contribution >= 4 is 39.1 Å². The van der Waals surface area contributed by atoms with Gasteiger partial charge in [0.1, 0.15) is 5.82 Å². The van der Waals surface area contributed by atoms with E-state index < -0.39 is 11.7 Å². The van der Waals surface area contributed by atoms with Crippen LogP contribution in [-0.4, -0.2) is 11.8 Å². The standard InChI is InChI=1S/C15H12BrFN2O2/c1-9(20)18-11-3-5-12(6-4-11)19-15(21)13-7-2-10(16)8-14(13)17/h2-8H,1H3,(H,18,20)(H,19,21). The van der Waals surface area contributed by atoms with E-state index in [4.69, 9.17) is 0 Å². The van der Waals surface area contributed by atoms with Crippen LogP contribution in [-0.2, 0) is 4.79 Å². The van der Waals surface area contributed by atoms with Gasteiger partial charge in [-0.15, -0.1) is 0 Å². The van der Waals surface area contributed by atoms with Crippen LogP contribution < -0.4 is 10.6 Å². The Labute approximate surface area is 129 Å². The van der Waals surface area contributed by atoms with Crippen molar-refractivity contribution in [2.75, 3.05) is 10.6 Å². The van der Waals surface area contributed by atoms with E-state index in [1.807, 2.05) is 0 Å². The molecule has 108 valence electrons. The SMILES string of the molecule is CC(=O)Nc1ccc(NC(=O)c2ccc(Br)cc2F)cc1. The second-order valence-corrected chi connectivity index (χ2v) is 5.25. The fraction of sp³-hybridized carbons (Fsp3) is 0.0667. The van der Waals surface area contributed by atoms with Gasteiger partial charge in [-0.2, -0.15) is 0 Å². The zero-order chi connectivity index (χ0) is 15.4. The second kappa shape index (κ2) is 6.49. The lowest BCUT2D eigenvalue weighted by Crippen LogP contribution is -2.13. The molecule has 0 radical (unpaired) electrons. The van der Waals surface area contributed by atoms with Crippen molar-refractivity contribution in [2.24, 2.45) is 0 Å². The van der Waals surface area contributed by atoms with Gasteiger partial charge in [-0.3, -0.25) is 9.59 Å². The maximum Gasteiger partial charge on any atom is 0.258 e. The minimum absolute atomic E-state index is 0.0378. The number of hydrogen-bond acceptors (Lipinski definition) is 2. The number of halogens is 2. The van der Waals surface area contributed by atoms with Crippen LogP contribution in [0.15, 0.2) is 46.9 Å². The molecule has 0 aliphatic heterocycles. The van der Waals surface area contributed by atoms with Gasteiger partial charge >= 0.3 is 0 Å². The molecule has 0 aliphatic rings. The maximum atomic E-state index is 13.7. The normalized spacial score (nSPS) is 10.0. The molecule has 0 saturated heterocycles. The fourth-order valence-electron chi connectivity index (χ4n) is 1.71. The number of nitrogens with one attached hydrogen (secondary N) is 2. The highest BCUT2D eigenvalue weighted by atomic mass is 79.9. The number of hydrogen-bond donors (Lipinski definition) is 2. The third-order valence-electron chi connectivity index (χ3n) is 2.64. The average molecular weight is 351 g/mol. The Morgan fingerprint density at radius 1 is 1.00 bits per heavy atom. The molecule has 0 unspecified atom stereocenters. The lowest BCUT2D eigenvalue weighted by molar-refractivity contribution is -0.114. The van der Waals surface area contributed by atoms with Gasteiger partial charge in [0.15, 0.2) is 0 Å². The Morgan fingerprint density at radius 2 is 1.57 bits per heavy atom. The van der Waals surface area contributed by atoms with E-state index in [1.54, 1.807) is 30.3 Å². The molecule has 4 nitrogen and oxygen atoms in total. The van der Waals surface area contributed by atoms with Crippen LogP contribution in [0.1, 0.15) is 17.3 Å². The molecule has 0 aliphatic carbocycles. The highest BCUT2D eigenvalue weighted by molar-refractivity contribution is 9.10. The van der Waals surface area contributed by atoms with E-state index in [9.17, 15) is 14.0 Å². The largest absolute Gasteiger partial charge is 0.326 e. The van der Waals surface area contributed by atoms with Gasteiger partial charge < -0.3 is 10.6 Å². The summed E-state index contributed by atoms with van der Waals surface area (Å²) in [4.78, 5) is 22.9. The van der Waals surface area contributed by atoms with Gasteiger partial charge in [0.2, 0.25) is 5.91 Å². The third kappa shape index (κ3) is 4.13. The molecule has 2 N–H and O–H groups in total. The Hall–Kier alpha value is -2.21. The number of carbonyl (C=O) groups is 2. The Balaban J connectivity index is 2.10. The molecule has 0 bridgehead atoms. The van der Waals surface area contributed by atoms with Crippen molar-refractivity contribution < 1.29 is 14.0 Å². The second-order valence-electron chi connectivity index (χ2n) is 4.34. The Morgan fingerprint density at radius 3 is 2.10 bits per heavy atom. The van der Waals surface area contributed by atoms with Gasteiger partial charge in [0, 0.05) is 22.8 Å². The lowest BCUT2D eigenvalue weighted by atomic mass is 10.2. The monoisotopic (exact) mass is 350 g/mol. The summed E-state index contributed by atoms with van der Waals surface area (Å²) in [5.74, 6) is -1.31. The lowest BCUT2D eigenvalue weighted by Gasteiger charge is -2.08. The van der Waals surface area contributed by atoms with Crippen LogP contribution in [0.2, 0.25) is 0 Å². The van der Waals surface area contributed by atoms with Crippen molar-refractivity contribution in [2.45, 2.75) is 6.92 Å². The van der Waals surface area contributed by atoms with E-state index >= 15 is 0 Å². The van der Waals surface area contributed by atoms with E-state index in [2.05, 4.69) is 26.6 Å². The smallest absolute Gasteiger partial charge is 0.258 e. The first kappa shape index (κ1) is 15.2. The Kier molecular flexibility index (Phi) is 4.70. The number of amides is 2. The topological polar surface area (TPSA) is 58.2 Å². The molecule has 2 aromatic carbocycles. The molecule has 0 atom stereocenters. The number of anilines is 2. The average Bonchev–Trinajstić information content (AvgIpc) is 2.40. The minimum atomic E-state index is -0.600. The van der Waals surface area contributed by atoms with Crippen LogP contribution >= 0.6 is 15.9 Å². The van der Waals surface area contributed by atoms with Gasteiger partial charge in [-0.1, -0.05) is 15.9 Å². The number of benzene rings is 2. The van der Waals surface area contributed by atoms with Crippen molar-refractivity contribution in [1.82, 2.24) is 0 Å². The van der Waals surface area contributed by atoms with E-state index in [0.717, 1.165) is 0 Å². The highest BCUT2D eigenvalue weighted by Gasteiger charge is 2.12. The first-order valence-electron chi connectivity index (χ1n) is 6.10. The fourth-order valence-corrected chi connectivity index (χ4v) is 2.05. The molecule has 0 aromatic heterocycles. The molecule has 2 amide bonds. The molecule has 0 saturated carbocycles. The zero-order valence-electron chi connectivity index (χ0n) is 11.1. The van der Waals surface area contributed by atoms with E-state index in [-0.39, 0.29) is 11.5 Å². The van der Waals surface area contributed by atoms with Crippen molar-refractivity contribution in [3.63, 3.8) is 0 Å². The summed E-state index contributed by atoms with van der Waals surface area (Å²) in [7, 11) is 0. The third-order valence-corrected chi connectivity index (χ3v) is 3.13. The summed E-state index contributed by atoms with van der Waals surface area (Å²) in [6.45, 7) is 1.41. The van der Waals surface area contributed by atoms with E-state index in [1.165, 1.54) is 19.1 Å². The summed E-state index contributed by atoms with van der Waals surface area (Å²) in [5.41, 5.74) is 1.09. The molecule has 6 heteroatoms. The van der Waals surface area contributed by atoms with Gasteiger partial charge in [0.05, 0.1) is 5.56 Å². The quantitative estimate of drug-likeness (QED) is 0.884. The first-order valence-corrected chi connectivity index (χ1v) is 6.89. The van der Waals surface area contributed by atoms with Gasteiger partial charge in [-0.05, 0) is 42.5 Å². The van der Waals surface area contributed by atoms with Crippen LogP contribution in [0.25, 0.3) is 0 Å². The van der Waals surface area contributed by atoms with Crippen LogP contribution in [0.3, 0.4) is 0 Å². The molecule has 0 heterocycles. The summed E-state index contributed by atoms with van der Waals surface area (Å²) < 4.78 is 14.2. The van der Waals surface area contributed by atoms with Crippen LogP contribution in [0.5, 0.6) is 0 Å². The molecule has 0 fully saturated rings. The summed E-state index contributed by atoms with van der Waals surface area (Å²) in [6, 6.07) is 10.8. The molecule has 2 rings (SSSR count). The molecule has 21 heavy (non-hydrogen) atoms. The van der Waals surface area contributed by atoms with Gasteiger partial charge in [-0.25, -0.2) is 4.39 Å². The Bertz CT molecular complexity index is 687. The van der Waals surface area contributed by atoms with Crippen LogP contribution in [0, 0.1) is 5.82 Å². The molecular formula is C15H12BrFN2O2. The zero-order valence-corrected chi connectivity index (χ0v) is 12.7.